The Kier molecular flexibility index (Phi) is 8.08. The van der Waals surface area contributed by atoms with E-state index in [0.717, 1.165) is 29.0 Å². The fraction of sp³-hybridized carbons (Fsp3) is 0.417. The molecule has 12 nitrogen and oxygen atoms in total. The molecule has 1 saturated carbocycles. The van der Waals surface area contributed by atoms with Gasteiger partial charge in [0.25, 0.3) is 5.56 Å². The molecule has 38 heavy (non-hydrogen) atoms. The predicted octanol–water partition coefficient (Wildman–Crippen LogP) is 5.10. The van der Waals surface area contributed by atoms with E-state index in [1.165, 1.54) is 25.1 Å². The molecule has 1 unspecified atom stereocenters. The Morgan fingerprint density at radius 2 is 1.87 bits per heavy atom. The molecule has 0 bridgehead atoms. The summed E-state index contributed by atoms with van der Waals surface area (Å²) >= 11 is 12.9. The third kappa shape index (κ3) is 5.84. The molecule has 1 aromatic heterocycles. The smallest absolute Gasteiger partial charge is 0.434 e. The summed E-state index contributed by atoms with van der Waals surface area (Å²) < 4.78 is 17.3. The molecule has 2 amide bonds. The van der Waals surface area contributed by atoms with Crippen molar-refractivity contribution in [2.75, 3.05) is 11.6 Å². The molecule has 1 aliphatic carbocycles. The maximum absolute atomic E-state index is 13.0. The number of aromatic nitrogens is 2. The second-order valence-corrected chi connectivity index (χ2v) is 9.76. The minimum absolute atomic E-state index is 0.00403. The number of urea groups is 1. The lowest BCUT2D eigenvalue weighted by Crippen LogP contribution is -2.44. The van der Waals surface area contributed by atoms with Crippen LogP contribution in [0.15, 0.2) is 28.1 Å². The van der Waals surface area contributed by atoms with Crippen LogP contribution in [0, 0.1) is 11.3 Å². The number of anilines is 1. The van der Waals surface area contributed by atoms with Gasteiger partial charge in [0, 0.05) is 11.6 Å². The van der Waals surface area contributed by atoms with Crippen molar-refractivity contribution in [3.05, 3.63) is 44.2 Å². The number of carbonyl (C=O) groups excluding carboxylic acids is 2. The lowest BCUT2D eigenvalue weighted by atomic mass is 9.96. The molecule has 4 rings (SSSR count). The summed E-state index contributed by atoms with van der Waals surface area (Å²) in [5.41, 5.74) is 0.180. The van der Waals surface area contributed by atoms with E-state index in [-0.39, 0.29) is 51.6 Å². The molecule has 200 valence electrons. The van der Waals surface area contributed by atoms with Gasteiger partial charge in [0.2, 0.25) is 5.88 Å². The van der Waals surface area contributed by atoms with E-state index in [9.17, 15) is 14.4 Å². The molecule has 1 N–H and O–H groups in total. The van der Waals surface area contributed by atoms with E-state index >= 15 is 0 Å². The van der Waals surface area contributed by atoms with E-state index in [1.807, 2.05) is 19.9 Å². The van der Waals surface area contributed by atoms with Crippen molar-refractivity contribution in [2.24, 2.45) is 5.10 Å². The van der Waals surface area contributed by atoms with Crippen molar-refractivity contribution in [3.63, 3.8) is 0 Å². The van der Waals surface area contributed by atoms with E-state index in [4.69, 9.17) is 42.7 Å². The van der Waals surface area contributed by atoms with Gasteiger partial charge in [0.05, 0.1) is 22.3 Å². The van der Waals surface area contributed by atoms with Crippen molar-refractivity contribution in [1.82, 2.24) is 15.1 Å². The molecule has 2 aromatic rings. The van der Waals surface area contributed by atoms with E-state index in [2.05, 4.69) is 15.5 Å². The number of carbonyl (C=O) groups is 2. The van der Waals surface area contributed by atoms with Crippen molar-refractivity contribution in [2.45, 2.75) is 58.3 Å². The van der Waals surface area contributed by atoms with Crippen LogP contribution in [0.1, 0.15) is 57.7 Å². The summed E-state index contributed by atoms with van der Waals surface area (Å²) in [5.74, 6) is -0.246. The number of hydrogen-bond donors (Lipinski definition) is 1. The van der Waals surface area contributed by atoms with Gasteiger partial charge in [-0.25, -0.2) is 9.59 Å². The number of amides is 2. The first-order chi connectivity index (χ1) is 18.1. The molecule has 1 aromatic carbocycles. The monoisotopic (exact) mass is 562 g/mol. The lowest BCUT2D eigenvalue weighted by molar-refractivity contribution is -0.0402. The van der Waals surface area contributed by atoms with Gasteiger partial charge in [0.15, 0.2) is 17.7 Å². The van der Waals surface area contributed by atoms with Crippen LogP contribution in [0.2, 0.25) is 10.0 Å². The highest BCUT2D eigenvalue weighted by molar-refractivity contribution is 6.37. The molecule has 0 spiro atoms. The third-order valence-electron chi connectivity index (χ3n) is 5.87. The maximum atomic E-state index is 13.0. The third-order valence-corrected chi connectivity index (χ3v) is 6.43. The quantitative estimate of drug-likeness (QED) is 0.458. The van der Waals surface area contributed by atoms with Crippen molar-refractivity contribution >= 4 is 46.8 Å². The van der Waals surface area contributed by atoms with Crippen molar-refractivity contribution in [3.8, 4) is 17.7 Å². The summed E-state index contributed by atoms with van der Waals surface area (Å²) in [7, 11) is 0. The van der Waals surface area contributed by atoms with Gasteiger partial charge < -0.3 is 19.5 Å². The summed E-state index contributed by atoms with van der Waals surface area (Å²) in [6, 6.07) is 5.53. The molecule has 0 saturated heterocycles. The minimum atomic E-state index is -1.09. The highest BCUT2D eigenvalue weighted by atomic mass is 35.5. The number of rotatable bonds is 7. The highest BCUT2D eigenvalue weighted by Crippen LogP contribution is 2.40. The Hall–Kier alpha value is -3.82. The average molecular weight is 563 g/mol. The topological polar surface area (TPSA) is 148 Å². The standard InChI is InChI=1S/C24H24Cl2N6O6/c1-12(2)17-9-20(30-31(22(17)33)13(3)36-24(35)37-16-5-4-6-16)38-21-18(25)7-15(8-19(21)26)32-23(34)28-11-14(10-27)29-32/h7-9,12-13,16H,4-6,11H2,1-3H3,(H,28,34). The Morgan fingerprint density at radius 3 is 2.45 bits per heavy atom. The van der Waals surface area contributed by atoms with Gasteiger partial charge in [-0.3, -0.25) is 4.79 Å². The number of halogens is 2. The number of hydrazone groups is 1. The van der Waals surface area contributed by atoms with Crippen LogP contribution in [0.4, 0.5) is 15.3 Å². The van der Waals surface area contributed by atoms with Crippen LogP contribution in [0.5, 0.6) is 11.6 Å². The van der Waals surface area contributed by atoms with Gasteiger partial charge in [-0.2, -0.15) is 20.1 Å². The Bertz CT molecular complexity index is 1370. The molecule has 1 fully saturated rings. The summed E-state index contributed by atoms with van der Waals surface area (Å²) in [4.78, 5) is 37.4. The molecule has 1 atom stereocenters. The second-order valence-electron chi connectivity index (χ2n) is 8.95. The van der Waals surface area contributed by atoms with Crippen LogP contribution in [0.3, 0.4) is 0 Å². The first kappa shape index (κ1) is 27.2. The molecule has 1 aliphatic heterocycles. The van der Waals surface area contributed by atoms with Gasteiger partial charge in [-0.1, -0.05) is 37.0 Å². The predicted molar refractivity (Wildman–Crippen MR) is 138 cm³/mol. The van der Waals surface area contributed by atoms with Crippen molar-refractivity contribution in [1.29, 1.82) is 5.26 Å². The Balaban J connectivity index is 1.63. The SMILES string of the molecule is CC(C)c1cc(Oc2c(Cl)cc(N3N=C(C#N)CNC3=O)cc2Cl)nn(C(C)OC(=O)OC2CCC2)c1=O. The minimum Gasteiger partial charge on any atom is -0.434 e. The zero-order chi connectivity index (χ0) is 27.6. The van der Waals surface area contributed by atoms with Crippen molar-refractivity contribution < 1.29 is 23.8 Å². The summed E-state index contributed by atoms with van der Waals surface area (Å²) in [6.07, 6.45) is 0.375. The number of nitrogens with zero attached hydrogens (tertiary/aromatic N) is 5. The normalized spacial score (nSPS) is 16.2. The van der Waals surface area contributed by atoms with E-state index in [0.29, 0.717) is 5.56 Å². The molecular formula is C24H24Cl2N6O6. The second kappa shape index (κ2) is 11.3. The Morgan fingerprint density at radius 1 is 1.18 bits per heavy atom. The van der Waals surface area contributed by atoms with Crippen LogP contribution in [0.25, 0.3) is 0 Å². The van der Waals surface area contributed by atoms with E-state index in [1.54, 1.807) is 0 Å². The molecule has 2 heterocycles. The summed E-state index contributed by atoms with van der Waals surface area (Å²) in [5, 5.41) is 20.8. The van der Waals surface area contributed by atoms with Crippen LogP contribution < -0.4 is 20.6 Å². The lowest BCUT2D eigenvalue weighted by Gasteiger charge is -2.25. The summed E-state index contributed by atoms with van der Waals surface area (Å²) in [6.45, 7) is 5.12. The highest BCUT2D eigenvalue weighted by Gasteiger charge is 2.27. The van der Waals surface area contributed by atoms with Gasteiger partial charge in [-0.05, 0) is 44.2 Å². The largest absolute Gasteiger partial charge is 0.510 e. The first-order valence-electron chi connectivity index (χ1n) is 11.8. The number of hydrogen-bond acceptors (Lipinski definition) is 9. The maximum Gasteiger partial charge on any atom is 0.510 e. The van der Waals surface area contributed by atoms with Crippen LogP contribution in [-0.2, 0) is 9.47 Å². The molecular weight excluding hydrogens is 539 g/mol. The molecule has 14 heteroatoms. The Labute approximate surface area is 227 Å². The molecule has 2 aliphatic rings. The molecule has 0 radical (unpaired) electrons. The van der Waals surface area contributed by atoms with Gasteiger partial charge in [-0.15, -0.1) is 5.10 Å². The van der Waals surface area contributed by atoms with E-state index < -0.39 is 24.0 Å². The fourth-order valence-electron chi connectivity index (χ4n) is 3.60. The fourth-order valence-corrected chi connectivity index (χ4v) is 4.16. The zero-order valence-corrected chi connectivity index (χ0v) is 22.2. The van der Waals surface area contributed by atoms with Gasteiger partial charge >= 0.3 is 12.2 Å². The average Bonchev–Trinajstić information content (AvgIpc) is 2.84. The number of nitrogens with one attached hydrogen (secondary N) is 1. The number of nitriles is 1. The zero-order valence-electron chi connectivity index (χ0n) is 20.7. The number of ether oxygens (including phenoxy) is 3. The first-order valence-corrected chi connectivity index (χ1v) is 12.6. The van der Waals surface area contributed by atoms with Gasteiger partial charge in [0.1, 0.15) is 12.2 Å². The number of benzene rings is 1. The van der Waals surface area contributed by atoms with Crippen LogP contribution in [-0.4, -0.2) is 40.3 Å². The van der Waals surface area contributed by atoms with Crippen LogP contribution >= 0.6 is 23.2 Å².